The van der Waals surface area contributed by atoms with Crippen LogP contribution in [0.1, 0.15) is 58.3 Å². The number of aromatic nitrogens is 2. The van der Waals surface area contributed by atoms with Gasteiger partial charge in [0.1, 0.15) is 5.82 Å². The van der Waals surface area contributed by atoms with Crippen molar-refractivity contribution in [3.63, 3.8) is 0 Å². The third-order valence-corrected chi connectivity index (χ3v) is 4.15. The van der Waals surface area contributed by atoms with Crippen LogP contribution in [-0.2, 0) is 12.3 Å². The Morgan fingerprint density at radius 2 is 2.00 bits per heavy atom. The molecular weight excluding hydrogens is 254 g/mol. The number of nitrogens with one attached hydrogen (secondary N) is 1. The molecule has 1 unspecified atom stereocenters. The lowest BCUT2D eigenvalue weighted by molar-refractivity contribution is 0.420. The van der Waals surface area contributed by atoms with E-state index in [1.807, 2.05) is 18.7 Å². The summed E-state index contributed by atoms with van der Waals surface area (Å²) in [4.78, 5) is 9.17. The van der Waals surface area contributed by atoms with Crippen molar-refractivity contribution in [1.29, 1.82) is 0 Å². The standard InChI is InChI=1S/C15H27N3S/c1-7-12(3)19-10-14-17-11(2)8-13(18-14)9-16-15(4,5)6/h8,12,16H,7,9-10H2,1-6H3. The summed E-state index contributed by atoms with van der Waals surface area (Å²) in [6.45, 7) is 13.8. The first-order valence-electron chi connectivity index (χ1n) is 7.00. The largest absolute Gasteiger partial charge is 0.306 e. The quantitative estimate of drug-likeness (QED) is 0.862. The van der Waals surface area contributed by atoms with Gasteiger partial charge in [-0.05, 0) is 40.2 Å². The molecule has 1 aromatic rings. The van der Waals surface area contributed by atoms with E-state index in [-0.39, 0.29) is 5.54 Å². The normalized spacial score (nSPS) is 13.6. The Morgan fingerprint density at radius 1 is 1.32 bits per heavy atom. The Bertz CT molecular complexity index is 399. The fraction of sp³-hybridized carbons (Fsp3) is 0.733. The molecule has 0 aromatic carbocycles. The average molecular weight is 281 g/mol. The third-order valence-electron chi connectivity index (χ3n) is 2.83. The molecule has 0 aliphatic carbocycles. The Morgan fingerprint density at radius 3 is 2.58 bits per heavy atom. The number of aryl methyl sites for hydroxylation is 1. The average Bonchev–Trinajstić information content (AvgIpc) is 2.32. The molecule has 0 aliphatic rings. The van der Waals surface area contributed by atoms with E-state index in [0.717, 1.165) is 29.5 Å². The summed E-state index contributed by atoms with van der Waals surface area (Å²) in [6, 6.07) is 2.07. The highest BCUT2D eigenvalue weighted by Gasteiger charge is 2.10. The second-order valence-corrected chi connectivity index (χ2v) is 7.48. The van der Waals surface area contributed by atoms with Crippen LogP contribution in [0.15, 0.2) is 6.07 Å². The lowest BCUT2D eigenvalue weighted by Crippen LogP contribution is -2.35. The van der Waals surface area contributed by atoms with Crippen molar-refractivity contribution in [1.82, 2.24) is 15.3 Å². The molecule has 0 saturated heterocycles. The molecule has 0 aliphatic heterocycles. The number of thioether (sulfide) groups is 1. The molecule has 0 amide bonds. The van der Waals surface area contributed by atoms with Crippen LogP contribution in [0.4, 0.5) is 0 Å². The maximum atomic E-state index is 4.65. The summed E-state index contributed by atoms with van der Waals surface area (Å²) in [5.74, 6) is 1.86. The summed E-state index contributed by atoms with van der Waals surface area (Å²) in [5, 5.41) is 4.14. The number of hydrogen-bond donors (Lipinski definition) is 1. The van der Waals surface area contributed by atoms with Crippen LogP contribution in [0, 0.1) is 6.92 Å². The maximum Gasteiger partial charge on any atom is 0.138 e. The first kappa shape index (κ1) is 16.4. The van der Waals surface area contributed by atoms with E-state index in [1.54, 1.807) is 0 Å². The molecule has 0 fully saturated rings. The molecular formula is C15H27N3S. The molecule has 1 atom stereocenters. The lowest BCUT2D eigenvalue weighted by atomic mass is 10.1. The van der Waals surface area contributed by atoms with E-state index in [2.05, 4.69) is 56.0 Å². The monoisotopic (exact) mass is 281 g/mol. The van der Waals surface area contributed by atoms with Crippen molar-refractivity contribution in [2.24, 2.45) is 0 Å². The highest BCUT2D eigenvalue weighted by Crippen LogP contribution is 2.18. The highest BCUT2D eigenvalue weighted by atomic mass is 32.2. The predicted molar refractivity (Wildman–Crippen MR) is 84.4 cm³/mol. The molecule has 0 saturated carbocycles. The SMILES string of the molecule is CCC(C)SCc1nc(C)cc(CNC(C)(C)C)n1. The number of rotatable bonds is 6. The van der Waals surface area contributed by atoms with Crippen molar-refractivity contribution in [2.45, 2.75) is 71.0 Å². The third kappa shape index (κ3) is 6.92. The topological polar surface area (TPSA) is 37.8 Å². The van der Waals surface area contributed by atoms with Gasteiger partial charge in [0.25, 0.3) is 0 Å². The van der Waals surface area contributed by atoms with E-state index >= 15 is 0 Å². The van der Waals surface area contributed by atoms with E-state index in [1.165, 1.54) is 6.42 Å². The van der Waals surface area contributed by atoms with Crippen LogP contribution in [-0.4, -0.2) is 20.8 Å². The van der Waals surface area contributed by atoms with Crippen LogP contribution < -0.4 is 5.32 Å². The second-order valence-electron chi connectivity index (χ2n) is 6.05. The van der Waals surface area contributed by atoms with Crippen LogP contribution >= 0.6 is 11.8 Å². The van der Waals surface area contributed by atoms with Gasteiger partial charge in [-0.15, -0.1) is 0 Å². The molecule has 3 nitrogen and oxygen atoms in total. The Hall–Kier alpha value is -0.610. The van der Waals surface area contributed by atoms with Crippen LogP contribution in [0.25, 0.3) is 0 Å². The van der Waals surface area contributed by atoms with Gasteiger partial charge < -0.3 is 5.32 Å². The molecule has 1 heterocycles. The van der Waals surface area contributed by atoms with E-state index in [4.69, 9.17) is 0 Å². The molecule has 19 heavy (non-hydrogen) atoms. The van der Waals surface area contributed by atoms with Crippen LogP contribution in [0.2, 0.25) is 0 Å². The first-order valence-corrected chi connectivity index (χ1v) is 8.05. The number of hydrogen-bond acceptors (Lipinski definition) is 4. The zero-order valence-electron chi connectivity index (χ0n) is 13.1. The predicted octanol–water partition coefficient (Wildman–Crippen LogP) is 3.70. The minimum Gasteiger partial charge on any atom is -0.306 e. The highest BCUT2D eigenvalue weighted by molar-refractivity contribution is 7.99. The van der Waals surface area contributed by atoms with Gasteiger partial charge in [0, 0.05) is 23.0 Å². The maximum absolute atomic E-state index is 4.65. The second kappa shape index (κ2) is 7.25. The molecule has 0 radical (unpaired) electrons. The van der Waals surface area contributed by atoms with Gasteiger partial charge in [0.15, 0.2) is 0 Å². The molecule has 4 heteroatoms. The number of nitrogens with zero attached hydrogens (tertiary/aromatic N) is 2. The van der Waals surface area contributed by atoms with Crippen molar-refractivity contribution < 1.29 is 0 Å². The van der Waals surface area contributed by atoms with E-state index in [9.17, 15) is 0 Å². The van der Waals surface area contributed by atoms with Crippen molar-refractivity contribution in [3.8, 4) is 0 Å². The minimum atomic E-state index is 0.116. The zero-order valence-corrected chi connectivity index (χ0v) is 13.9. The van der Waals surface area contributed by atoms with Crippen LogP contribution in [0.3, 0.4) is 0 Å². The summed E-state index contributed by atoms with van der Waals surface area (Å²) in [7, 11) is 0. The molecule has 0 spiro atoms. The smallest absolute Gasteiger partial charge is 0.138 e. The Balaban J connectivity index is 2.66. The Labute approximate surface area is 122 Å². The fourth-order valence-corrected chi connectivity index (χ4v) is 2.34. The van der Waals surface area contributed by atoms with Gasteiger partial charge in [-0.1, -0.05) is 13.8 Å². The van der Waals surface area contributed by atoms with Gasteiger partial charge in [0.2, 0.25) is 0 Å². The van der Waals surface area contributed by atoms with E-state index < -0.39 is 0 Å². The minimum absolute atomic E-state index is 0.116. The van der Waals surface area contributed by atoms with Crippen molar-refractivity contribution >= 4 is 11.8 Å². The van der Waals surface area contributed by atoms with Gasteiger partial charge in [-0.3, -0.25) is 0 Å². The summed E-state index contributed by atoms with van der Waals surface area (Å²) >= 11 is 1.93. The molecule has 108 valence electrons. The Kier molecular flexibility index (Phi) is 6.27. The van der Waals surface area contributed by atoms with Gasteiger partial charge in [0.05, 0.1) is 11.4 Å². The molecule has 1 N–H and O–H groups in total. The van der Waals surface area contributed by atoms with E-state index in [0.29, 0.717) is 5.25 Å². The molecule has 0 bridgehead atoms. The zero-order chi connectivity index (χ0) is 14.5. The van der Waals surface area contributed by atoms with Crippen molar-refractivity contribution in [2.75, 3.05) is 0 Å². The van der Waals surface area contributed by atoms with Crippen LogP contribution in [0.5, 0.6) is 0 Å². The summed E-state index contributed by atoms with van der Waals surface area (Å²) < 4.78 is 0. The fourth-order valence-electron chi connectivity index (χ4n) is 1.55. The van der Waals surface area contributed by atoms with Crippen molar-refractivity contribution in [3.05, 3.63) is 23.3 Å². The lowest BCUT2D eigenvalue weighted by Gasteiger charge is -2.20. The van der Waals surface area contributed by atoms with Gasteiger partial charge >= 0.3 is 0 Å². The summed E-state index contributed by atoms with van der Waals surface area (Å²) in [6.07, 6.45) is 1.19. The van der Waals surface area contributed by atoms with Gasteiger partial charge in [-0.2, -0.15) is 11.8 Å². The van der Waals surface area contributed by atoms with Gasteiger partial charge in [-0.25, -0.2) is 9.97 Å². The summed E-state index contributed by atoms with van der Waals surface area (Å²) in [5.41, 5.74) is 2.26. The molecule has 1 aromatic heterocycles. The molecule has 1 rings (SSSR count). The first-order chi connectivity index (χ1) is 8.80.